The van der Waals surface area contributed by atoms with Crippen molar-refractivity contribution in [3.63, 3.8) is 0 Å². The average Bonchev–Trinajstić information content (AvgIpc) is 2.44. The third-order valence-corrected chi connectivity index (χ3v) is 3.66. The molecule has 5 nitrogen and oxygen atoms in total. The van der Waals surface area contributed by atoms with E-state index in [1.807, 2.05) is 65.0 Å². The third-order valence-electron chi connectivity index (χ3n) is 3.66. The Morgan fingerprint density at radius 2 is 1.80 bits per heavy atom. The number of carbonyl (C=O) groups excluding carboxylic acids is 1. The summed E-state index contributed by atoms with van der Waals surface area (Å²) in [4.78, 5) is 12.1. The van der Waals surface area contributed by atoms with E-state index < -0.39 is 11.4 Å². The minimum absolute atomic E-state index is 0.111. The topological polar surface area (TPSA) is 54.0 Å². The summed E-state index contributed by atoms with van der Waals surface area (Å²) in [5.74, 6) is -0.995. The SMILES string of the molecule is CC(C)(C)OC(=O)C[C@H]1C[C@H](COCc2ccccc2)OC(C)(C)O1. The summed E-state index contributed by atoms with van der Waals surface area (Å²) < 4.78 is 23.0. The Balaban J connectivity index is 1.84. The molecule has 0 N–H and O–H groups in total. The molecule has 1 aromatic rings. The number of hydrogen-bond donors (Lipinski definition) is 0. The Hall–Kier alpha value is -1.43. The van der Waals surface area contributed by atoms with E-state index in [4.69, 9.17) is 18.9 Å². The highest BCUT2D eigenvalue weighted by Crippen LogP contribution is 2.29. The minimum atomic E-state index is -0.744. The Labute approximate surface area is 150 Å². The van der Waals surface area contributed by atoms with Crippen LogP contribution in [0.5, 0.6) is 0 Å². The molecule has 1 saturated heterocycles. The second-order valence-electron chi connectivity index (χ2n) is 7.91. The van der Waals surface area contributed by atoms with Gasteiger partial charge in [-0.15, -0.1) is 0 Å². The average molecular weight is 350 g/mol. The smallest absolute Gasteiger partial charge is 0.308 e. The first-order valence-corrected chi connectivity index (χ1v) is 8.82. The number of benzene rings is 1. The first kappa shape index (κ1) is 19.9. The molecule has 5 heteroatoms. The quantitative estimate of drug-likeness (QED) is 0.730. The van der Waals surface area contributed by atoms with Crippen LogP contribution in [-0.4, -0.2) is 36.2 Å². The van der Waals surface area contributed by atoms with E-state index in [0.717, 1.165) is 5.56 Å². The van der Waals surface area contributed by atoms with Crippen LogP contribution in [0.3, 0.4) is 0 Å². The van der Waals surface area contributed by atoms with Crippen molar-refractivity contribution in [2.45, 2.75) is 77.7 Å². The number of rotatable bonds is 6. The van der Waals surface area contributed by atoms with Gasteiger partial charge in [-0.2, -0.15) is 0 Å². The van der Waals surface area contributed by atoms with Crippen molar-refractivity contribution in [2.24, 2.45) is 0 Å². The fraction of sp³-hybridized carbons (Fsp3) is 0.650. The standard InChI is InChI=1S/C20H30O5/c1-19(2,3)25-18(21)12-16-11-17(24-20(4,5)23-16)14-22-13-15-9-7-6-8-10-15/h6-10,16-17H,11-14H2,1-5H3/t16-,17-/m1/s1. The molecule has 140 valence electrons. The lowest BCUT2D eigenvalue weighted by atomic mass is 10.1. The molecule has 1 fully saturated rings. The zero-order chi connectivity index (χ0) is 18.5. The monoisotopic (exact) mass is 350 g/mol. The van der Waals surface area contributed by atoms with Gasteiger partial charge in [0.1, 0.15) is 5.60 Å². The second-order valence-corrected chi connectivity index (χ2v) is 7.91. The van der Waals surface area contributed by atoms with Crippen LogP contribution in [0.4, 0.5) is 0 Å². The van der Waals surface area contributed by atoms with Crippen molar-refractivity contribution in [1.82, 2.24) is 0 Å². The molecule has 1 heterocycles. The second kappa shape index (κ2) is 8.30. The maximum Gasteiger partial charge on any atom is 0.308 e. The Morgan fingerprint density at radius 3 is 2.44 bits per heavy atom. The van der Waals surface area contributed by atoms with Crippen LogP contribution >= 0.6 is 0 Å². The minimum Gasteiger partial charge on any atom is -0.460 e. The molecule has 0 spiro atoms. The van der Waals surface area contributed by atoms with Crippen LogP contribution in [0.2, 0.25) is 0 Å². The molecule has 1 aliphatic heterocycles. The molecule has 0 radical (unpaired) electrons. The maximum atomic E-state index is 12.1. The van der Waals surface area contributed by atoms with Gasteiger partial charge in [-0.05, 0) is 40.2 Å². The maximum absolute atomic E-state index is 12.1. The molecule has 0 saturated carbocycles. The highest BCUT2D eigenvalue weighted by molar-refractivity contribution is 5.70. The van der Waals surface area contributed by atoms with E-state index in [1.54, 1.807) is 0 Å². The molecule has 2 atom stereocenters. The van der Waals surface area contributed by atoms with E-state index in [9.17, 15) is 4.79 Å². The molecule has 1 aromatic carbocycles. The molecule has 2 rings (SSSR count). The fourth-order valence-electron chi connectivity index (χ4n) is 2.90. The molecule has 0 amide bonds. The van der Waals surface area contributed by atoms with Crippen molar-refractivity contribution in [2.75, 3.05) is 6.61 Å². The summed E-state index contributed by atoms with van der Waals surface area (Å²) in [6.07, 6.45) is 0.486. The van der Waals surface area contributed by atoms with Crippen LogP contribution in [0.15, 0.2) is 30.3 Å². The first-order valence-electron chi connectivity index (χ1n) is 8.82. The van der Waals surface area contributed by atoms with Gasteiger partial charge in [0.05, 0.1) is 31.8 Å². The fourth-order valence-corrected chi connectivity index (χ4v) is 2.90. The van der Waals surface area contributed by atoms with E-state index >= 15 is 0 Å². The van der Waals surface area contributed by atoms with Gasteiger partial charge in [0.25, 0.3) is 0 Å². The van der Waals surface area contributed by atoms with Crippen LogP contribution in [0, 0.1) is 0 Å². The Bertz CT molecular complexity index is 547. The number of hydrogen-bond acceptors (Lipinski definition) is 5. The van der Waals surface area contributed by atoms with Crippen LogP contribution < -0.4 is 0 Å². The van der Waals surface area contributed by atoms with Gasteiger partial charge < -0.3 is 18.9 Å². The zero-order valence-corrected chi connectivity index (χ0v) is 15.9. The normalized spacial score (nSPS) is 23.2. The van der Waals surface area contributed by atoms with Crippen LogP contribution in [0.25, 0.3) is 0 Å². The summed E-state index contributed by atoms with van der Waals surface area (Å²) in [7, 11) is 0. The van der Waals surface area contributed by atoms with E-state index in [0.29, 0.717) is 19.6 Å². The molecule has 0 aromatic heterocycles. The molecular formula is C20H30O5. The van der Waals surface area contributed by atoms with E-state index in [2.05, 4.69) is 0 Å². The largest absolute Gasteiger partial charge is 0.460 e. The molecule has 0 bridgehead atoms. The predicted molar refractivity (Wildman–Crippen MR) is 95.0 cm³/mol. The van der Waals surface area contributed by atoms with Gasteiger partial charge in [-0.1, -0.05) is 30.3 Å². The first-order chi connectivity index (χ1) is 11.6. The van der Waals surface area contributed by atoms with Gasteiger partial charge in [0, 0.05) is 6.42 Å². The van der Waals surface area contributed by atoms with Gasteiger partial charge in [0.2, 0.25) is 0 Å². The van der Waals surface area contributed by atoms with Crippen LogP contribution in [-0.2, 0) is 30.3 Å². The predicted octanol–water partition coefficient (Wildman–Crippen LogP) is 3.85. The highest BCUT2D eigenvalue weighted by Gasteiger charge is 2.37. The Kier molecular flexibility index (Phi) is 6.60. The van der Waals surface area contributed by atoms with Crippen molar-refractivity contribution in [1.29, 1.82) is 0 Å². The lowest BCUT2D eigenvalue weighted by Crippen LogP contribution is -2.47. The summed E-state index contributed by atoms with van der Waals surface area (Å²) in [6.45, 7) is 10.3. The lowest BCUT2D eigenvalue weighted by Gasteiger charge is -2.40. The lowest BCUT2D eigenvalue weighted by molar-refractivity contribution is -0.306. The molecule has 0 unspecified atom stereocenters. The summed E-state index contributed by atoms with van der Waals surface area (Å²) in [6, 6.07) is 10.0. The third kappa shape index (κ3) is 7.55. The van der Waals surface area contributed by atoms with E-state index in [-0.39, 0.29) is 24.6 Å². The number of carbonyl (C=O) groups is 1. The molecule has 1 aliphatic rings. The highest BCUT2D eigenvalue weighted by atomic mass is 16.7. The Morgan fingerprint density at radius 1 is 1.16 bits per heavy atom. The van der Waals surface area contributed by atoms with Crippen molar-refractivity contribution in [3.8, 4) is 0 Å². The van der Waals surface area contributed by atoms with Gasteiger partial charge in [-0.25, -0.2) is 0 Å². The molecule has 25 heavy (non-hydrogen) atoms. The number of esters is 1. The summed E-state index contributed by atoms with van der Waals surface area (Å²) in [5, 5.41) is 0. The molecular weight excluding hydrogens is 320 g/mol. The van der Waals surface area contributed by atoms with Gasteiger partial charge >= 0.3 is 5.97 Å². The van der Waals surface area contributed by atoms with Crippen molar-refractivity contribution < 1.29 is 23.7 Å². The van der Waals surface area contributed by atoms with Crippen molar-refractivity contribution >= 4 is 5.97 Å². The number of ether oxygens (including phenoxy) is 4. The van der Waals surface area contributed by atoms with E-state index in [1.165, 1.54) is 0 Å². The zero-order valence-electron chi connectivity index (χ0n) is 15.9. The molecule has 0 aliphatic carbocycles. The summed E-state index contributed by atoms with van der Waals surface area (Å²) >= 11 is 0. The van der Waals surface area contributed by atoms with Crippen molar-refractivity contribution in [3.05, 3.63) is 35.9 Å². The summed E-state index contributed by atoms with van der Waals surface area (Å²) in [5.41, 5.74) is 0.634. The van der Waals surface area contributed by atoms with Gasteiger partial charge in [0.15, 0.2) is 5.79 Å². The van der Waals surface area contributed by atoms with Gasteiger partial charge in [-0.3, -0.25) is 4.79 Å². The van der Waals surface area contributed by atoms with Crippen LogP contribution in [0.1, 0.15) is 53.0 Å².